The second kappa shape index (κ2) is 10.9. The Kier molecular flexibility index (Phi) is 7.29. The summed E-state index contributed by atoms with van der Waals surface area (Å²) in [5, 5.41) is 31.8. The lowest BCUT2D eigenvalue weighted by molar-refractivity contribution is -0.121. The van der Waals surface area contributed by atoms with E-state index in [-0.39, 0.29) is 17.0 Å². The molecule has 0 spiro atoms. The Balaban J connectivity index is 1.42. The number of nitrogens with one attached hydrogen (secondary N) is 1. The van der Waals surface area contributed by atoms with Crippen molar-refractivity contribution in [2.24, 2.45) is 0 Å². The maximum atomic E-state index is 13.5. The molecule has 0 radical (unpaired) electrons. The number of amides is 2. The van der Waals surface area contributed by atoms with Gasteiger partial charge >= 0.3 is 0 Å². The van der Waals surface area contributed by atoms with Crippen LogP contribution in [0.4, 0.5) is 10.7 Å². The summed E-state index contributed by atoms with van der Waals surface area (Å²) in [5.41, 5.74) is 3.05. The standard InChI is InChI=1S/C29H21N5O2S2/c30-15-20(16-31)27(33-21-9-5-2-6-10-21)37-25-14-26(35)34(28(25)36)29-23(17-32)22-12-11-19(13-24(22)38-29)18-7-3-1-4-8-18/h1-10,19,25,33H,11-14H2/t19-,25-/m0/s1. The lowest BCUT2D eigenvalue weighted by atomic mass is 9.83. The van der Waals surface area contributed by atoms with Crippen molar-refractivity contribution in [2.45, 2.75) is 36.9 Å². The zero-order valence-electron chi connectivity index (χ0n) is 20.2. The molecule has 0 unspecified atom stereocenters. The Morgan fingerprint density at radius 3 is 2.32 bits per heavy atom. The predicted octanol–water partition coefficient (Wildman–Crippen LogP) is 5.63. The van der Waals surface area contributed by atoms with E-state index in [1.807, 2.05) is 36.4 Å². The van der Waals surface area contributed by atoms with Gasteiger partial charge < -0.3 is 5.32 Å². The Labute approximate surface area is 228 Å². The number of para-hydroxylation sites is 1. The number of benzene rings is 2. The summed E-state index contributed by atoms with van der Waals surface area (Å²) >= 11 is 2.34. The van der Waals surface area contributed by atoms with Crippen LogP contribution in [0, 0.1) is 34.0 Å². The summed E-state index contributed by atoms with van der Waals surface area (Å²) in [6.07, 6.45) is 2.28. The summed E-state index contributed by atoms with van der Waals surface area (Å²) < 4.78 is 0. The molecule has 2 heterocycles. The van der Waals surface area contributed by atoms with Gasteiger partial charge in [-0.25, -0.2) is 4.90 Å². The topological polar surface area (TPSA) is 121 Å². The van der Waals surface area contributed by atoms with Crippen molar-refractivity contribution < 1.29 is 9.59 Å². The molecule has 2 atom stereocenters. The number of rotatable bonds is 6. The van der Waals surface area contributed by atoms with Crippen LogP contribution in [0.5, 0.6) is 0 Å². The van der Waals surface area contributed by atoms with Crippen LogP contribution in [-0.4, -0.2) is 17.1 Å². The van der Waals surface area contributed by atoms with Gasteiger partial charge in [-0.05, 0) is 48.4 Å². The molecule has 1 N–H and O–H groups in total. The molecule has 3 aromatic rings. The van der Waals surface area contributed by atoms with Crippen molar-refractivity contribution in [3.05, 3.63) is 92.8 Å². The molecule has 9 heteroatoms. The summed E-state index contributed by atoms with van der Waals surface area (Å²) in [6, 6.07) is 25.2. The number of fused-ring (bicyclic) bond motifs is 1. The fourth-order valence-electron chi connectivity index (χ4n) is 4.84. The summed E-state index contributed by atoms with van der Waals surface area (Å²) in [6.45, 7) is 0. The van der Waals surface area contributed by atoms with Gasteiger partial charge in [0.25, 0.3) is 0 Å². The third kappa shape index (κ3) is 4.80. The number of thioether (sulfide) groups is 1. The number of carbonyl (C=O) groups is 2. The fourth-order valence-corrected chi connectivity index (χ4v) is 7.34. The lowest BCUT2D eigenvalue weighted by Crippen LogP contribution is -2.31. The van der Waals surface area contributed by atoms with E-state index in [0.29, 0.717) is 28.6 Å². The van der Waals surface area contributed by atoms with E-state index in [1.165, 1.54) is 16.9 Å². The van der Waals surface area contributed by atoms with Crippen LogP contribution < -0.4 is 10.2 Å². The molecule has 0 saturated carbocycles. The van der Waals surface area contributed by atoms with Gasteiger partial charge in [-0.1, -0.05) is 60.3 Å². The van der Waals surface area contributed by atoms with Crippen LogP contribution in [0.1, 0.15) is 40.3 Å². The minimum Gasteiger partial charge on any atom is -0.349 e. The smallest absolute Gasteiger partial charge is 0.248 e. The molecule has 1 aliphatic heterocycles. The zero-order chi connectivity index (χ0) is 26.6. The number of nitrogens with zero attached hydrogens (tertiary/aromatic N) is 4. The fraction of sp³-hybridized carbons (Fsp3) is 0.207. The van der Waals surface area contributed by atoms with E-state index in [9.17, 15) is 25.4 Å². The van der Waals surface area contributed by atoms with E-state index in [0.717, 1.165) is 39.9 Å². The molecule has 1 fully saturated rings. The SMILES string of the molecule is N#CC(C#N)=C(Nc1ccccc1)S[C@H]1CC(=O)N(c2sc3c(c2C#N)CC[C@H](c2ccccc2)C3)C1=O. The van der Waals surface area contributed by atoms with Gasteiger partial charge in [-0.3, -0.25) is 9.59 Å². The molecule has 2 amide bonds. The van der Waals surface area contributed by atoms with Crippen molar-refractivity contribution in [1.29, 1.82) is 15.8 Å². The summed E-state index contributed by atoms with van der Waals surface area (Å²) in [7, 11) is 0. The highest BCUT2D eigenvalue weighted by Crippen LogP contribution is 2.46. The van der Waals surface area contributed by atoms with Crippen LogP contribution in [0.15, 0.2) is 71.3 Å². The van der Waals surface area contributed by atoms with E-state index < -0.39 is 17.1 Å². The maximum Gasteiger partial charge on any atom is 0.248 e. The first-order chi connectivity index (χ1) is 18.5. The van der Waals surface area contributed by atoms with Gasteiger partial charge in [0.05, 0.1) is 10.8 Å². The molecule has 2 aliphatic rings. The average molecular weight is 536 g/mol. The number of carbonyl (C=O) groups excluding carboxylic acids is 2. The Bertz CT molecular complexity index is 1540. The molecule has 5 rings (SSSR count). The molecular weight excluding hydrogens is 514 g/mol. The van der Waals surface area contributed by atoms with Gasteiger partial charge in [-0.15, -0.1) is 11.3 Å². The van der Waals surface area contributed by atoms with E-state index in [1.54, 1.807) is 24.3 Å². The van der Waals surface area contributed by atoms with E-state index in [4.69, 9.17) is 0 Å². The van der Waals surface area contributed by atoms with E-state index >= 15 is 0 Å². The van der Waals surface area contributed by atoms with Crippen LogP contribution >= 0.6 is 23.1 Å². The highest BCUT2D eigenvalue weighted by Gasteiger charge is 2.43. The highest BCUT2D eigenvalue weighted by molar-refractivity contribution is 8.04. The molecule has 186 valence electrons. The number of allylic oxidation sites excluding steroid dienone is 1. The number of nitriles is 3. The van der Waals surface area contributed by atoms with Crippen LogP contribution in [-0.2, 0) is 22.4 Å². The lowest BCUT2D eigenvalue weighted by Gasteiger charge is -2.22. The van der Waals surface area contributed by atoms with Gasteiger partial charge in [-0.2, -0.15) is 15.8 Å². The molecule has 2 aromatic carbocycles. The molecule has 7 nitrogen and oxygen atoms in total. The molecule has 38 heavy (non-hydrogen) atoms. The molecule has 1 aromatic heterocycles. The monoisotopic (exact) mass is 535 g/mol. The number of hydrogen-bond acceptors (Lipinski definition) is 8. The van der Waals surface area contributed by atoms with Crippen LogP contribution in [0.25, 0.3) is 0 Å². The highest BCUT2D eigenvalue weighted by atomic mass is 32.2. The summed E-state index contributed by atoms with van der Waals surface area (Å²) in [5.74, 6) is -0.517. The van der Waals surface area contributed by atoms with Gasteiger partial charge in [0, 0.05) is 17.0 Å². The molecular formula is C29H21N5O2S2. The van der Waals surface area contributed by atoms with Crippen molar-refractivity contribution in [1.82, 2.24) is 0 Å². The average Bonchev–Trinajstić information content (AvgIpc) is 3.44. The maximum absolute atomic E-state index is 13.5. The number of imide groups is 1. The molecule has 0 bridgehead atoms. The number of anilines is 2. The molecule has 1 saturated heterocycles. The first kappa shape index (κ1) is 25.3. The van der Waals surface area contributed by atoms with Gasteiger partial charge in [0.1, 0.15) is 28.2 Å². The first-order valence-corrected chi connectivity index (χ1v) is 13.7. The second-order valence-electron chi connectivity index (χ2n) is 8.94. The first-order valence-electron chi connectivity index (χ1n) is 12.0. The number of thiophene rings is 1. The Morgan fingerprint density at radius 2 is 1.66 bits per heavy atom. The quantitative estimate of drug-likeness (QED) is 0.321. The Hall–Kier alpha value is -4.36. The third-order valence-electron chi connectivity index (χ3n) is 6.68. The van der Waals surface area contributed by atoms with Crippen molar-refractivity contribution in [2.75, 3.05) is 10.2 Å². The zero-order valence-corrected chi connectivity index (χ0v) is 21.8. The summed E-state index contributed by atoms with van der Waals surface area (Å²) in [4.78, 5) is 28.8. The third-order valence-corrected chi connectivity index (χ3v) is 9.11. The minimum atomic E-state index is -0.826. The predicted molar refractivity (Wildman–Crippen MR) is 147 cm³/mol. The van der Waals surface area contributed by atoms with Gasteiger partial charge in [0.15, 0.2) is 5.57 Å². The second-order valence-corrected chi connectivity index (χ2v) is 11.2. The van der Waals surface area contributed by atoms with Crippen LogP contribution in [0.3, 0.4) is 0 Å². The number of hydrogen-bond donors (Lipinski definition) is 1. The van der Waals surface area contributed by atoms with Crippen molar-refractivity contribution in [3.63, 3.8) is 0 Å². The van der Waals surface area contributed by atoms with E-state index in [2.05, 4.69) is 23.5 Å². The molecule has 1 aliphatic carbocycles. The van der Waals surface area contributed by atoms with Gasteiger partial charge in [0.2, 0.25) is 11.8 Å². The van der Waals surface area contributed by atoms with Crippen molar-refractivity contribution in [3.8, 4) is 18.2 Å². The largest absolute Gasteiger partial charge is 0.349 e. The van der Waals surface area contributed by atoms with Crippen LogP contribution in [0.2, 0.25) is 0 Å². The minimum absolute atomic E-state index is 0.0896. The Morgan fingerprint density at radius 1 is 0.974 bits per heavy atom. The normalized spacial score (nSPS) is 18.2. The van der Waals surface area contributed by atoms with Crippen molar-refractivity contribution >= 4 is 45.6 Å².